The van der Waals surface area contributed by atoms with Gasteiger partial charge in [0.2, 0.25) is 0 Å². The monoisotopic (exact) mass is 372 g/mol. The van der Waals surface area contributed by atoms with Gasteiger partial charge in [0.1, 0.15) is 4.90 Å². The van der Waals surface area contributed by atoms with Crippen molar-refractivity contribution < 1.29 is 13.2 Å². The summed E-state index contributed by atoms with van der Waals surface area (Å²) in [5, 5.41) is 1.83. The molecular formula is C12H9BrN2O3S2. The number of sulfonamides is 1. The van der Waals surface area contributed by atoms with Gasteiger partial charge in [-0.3, -0.25) is 4.79 Å². The summed E-state index contributed by atoms with van der Waals surface area (Å²) in [5.74, 6) is -0.514. The molecule has 0 radical (unpaired) electrons. The van der Waals surface area contributed by atoms with Crippen LogP contribution in [0.15, 0.2) is 39.0 Å². The Kier molecular flexibility index (Phi) is 3.11. The van der Waals surface area contributed by atoms with Gasteiger partial charge in [0, 0.05) is 15.0 Å². The fourth-order valence-electron chi connectivity index (χ4n) is 2.02. The number of hydrogen-bond donors (Lipinski definition) is 1. The van der Waals surface area contributed by atoms with Gasteiger partial charge in [-0.05, 0) is 45.6 Å². The molecule has 0 saturated heterocycles. The van der Waals surface area contributed by atoms with Crippen molar-refractivity contribution in [3.8, 4) is 0 Å². The van der Waals surface area contributed by atoms with Crippen molar-refractivity contribution in [2.75, 3.05) is 5.73 Å². The highest BCUT2D eigenvalue weighted by atomic mass is 79.9. The van der Waals surface area contributed by atoms with Crippen molar-refractivity contribution in [3.63, 3.8) is 0 Å². The second-order valence-electron chi connectivity index (χ2n) is 4.26. The highest BCUT2D eigenvalue weighted by molar-refractivity contribution is 9.10. The van der Waals surface area contributed by atoms with Gasteiger partial charge in [0.25, 0.3) is 15.9 Å². The molecule has 0 saturated carbocycles. The van der Waals surface area contributed by atoms with Crippen molar-refractivity contribution >= 4 is 48.9 Å². The van der Waals surface area contributed by atoms with E-state index in [1.54, 1.807) is 0 Å². The summed E-state index contributed by atoms with van der Waals surface area (Å²) in [4.78, 5) is 13.0. The summed E-state index contributed by atoms with van der Waals surface area (Å²) >= 11 is 4.73. The maximum atomic E-state index is 12.4. The number of fused-ring (bicyclic) bond motifs is 1. The average Bonchev–Trinajstić information content (AvgIpc) is 2.86. The number of amides is 1. The number of nitrogens with two attached hydrogens (primary N) is 1. The molecule has 20 heavy (non-hydrogen) atoms. The van der Waals surface area contributed by atoms with Crippen LogP contribution in [0.4, 0.5) is 5.69 Å². The van der Waals surface area contributed by atoms with Crippen molar-refractivity contribution in [1.82, 2.24) is 4.31 Å². The third kappa shape index (κ3) is 1.95. The lowest BCUT2D eigenvalue weighted by Gasteiger charge is -2.14. The van der Waals surface area contributed by atoms with Crippen molar-refractivity contribution in [2.45, 2.75) is 11.4 Å². The van der Waals surface area contributed by atoms with Gasteiger partial charge in [-0.25, -0.2) is 12.7 Å². The van der Waals surface area contributed by atoms with E-state index in [1.165, 1.54) is 29.5 Å². The molecule has 1 aromatic carbocycles. The summed E-state index contributed by atoms with van der Waals surface area (Å²) in [6.07, 6.45) is 0. The molecule has 1 amide bonds. The van der Waals surface area contributed by atoms with Crippen LogP contribution in [-0.2, 0) is 16.6 Å². The Morgan fingerprint density at radius 3 is 2.70 bits per heavy atom. The Hall–Kier alpha value is -1.38. The Morgan fingerprint density at radius 2 is 2.05 bits per heavy atom. The fraction of sp³-hybridized carbons (Fsp3) is 0.0833. The molecule has 2 aromatic rings. The number of nitrogens with zero attached hydrogens (tertiary/aromatic N) is 1. The average molecular weight is 373 g/mol. The van der Waals surface area contributed by atoms with E-state index >= 15 is 0 Å². The van der Waals surface area contributed by atoms with E-state index in [0.29, 0.717) is 5.69 Å². The first-order valence-electron chi connectivity index (χ1n) is 5.60. The van der Waals surface area contributed by atoms with Gasteiger partial charge in [0.05, 0.1) is 12.1 Å². The minimum atomic E-state index is -3.82. The number of anilines is 1. The largest absolute Gasteiger partial charge is 0.399 e. The van der Waals surface area contributed by atoms with Gasteiger partial charge in [0.15, 0.2) is 0 Å². The van der Waals surface area contributed by atoms with Gasteiger partial charge < -0.3 is 5.73 Å². The number of rotatable bonds is 2. The fourth-order valence-corrected chi connectivity index (χ4v) is 5.14. The number of carbonyl (C=O) groups excluding carboxylic acids is 1. The van der Waals surface area contributed by atoms with Crippen LogP contribution >= 0.6 is 27.3 Å². The lowest BCUT2D eigenvalue weighted by Crippen LogP contribution is -2.29. The number of carbonyl (C=O) groups is 1. The molecule has 104 valence electrons. The quantitative estimate of drug-likeness (QED) is 0.820. The summed E-state index contributed by atoms with van der Waals surface area (Å²) < 4.78 is 26.5. The van der Waals surface area contributed by atoms with E-state index in [-0.39, 0.29) is 17.0 Å². The second kappa shape index (κ2) is 4.57. The summed E-state index contributed by atoms with van der Waals surface area (Å²) in [6, 6.07) is 6.12. The highest BCUT2D eigenvalue weighted by Gasteiger charge is 2.41. The Labute approximate surface area is 128 Å². The Morgan fingerprint density at radius 1 is 1.30 bits per heavy atom. The molecule has 0 spiro atoms. The minimum absolute atomic E-state index is 0.0184. The maximum absolute atomic E-state index is 12.4. The molecule has 1 aromatic heterocycles. The Bertz CT molecular complexity index is 814. The first-order valence-corrected chi connectivity index (χ1v) is 8.71. The van der Waals surface area contributed by atoms with Crippen LogP contribution < -0.4 is 5.73 Å². The van der Waals surface area contributed by atoms with Crippen LogP contribution in [-0.4, -0.2) is 18.6 Å². The molecule has 0 unspecified atom stereocenters. The van der Waals surface area contributed by atoms with Gasteiger partial charge in [-0.2, -0.15) is 0 Å². The molecule has 1 aliphatic rings. The standard InChI is InChI=1S/C12H9BrN2O3S2/c13-9-3-4-19-10(9)6-15-12(16)8-2-1-7(14)5-11(8)20(15,17)18/h1-5H,6,14H2. The van der Waals surface area contributed by atoms with Crippen LogP contribution in [0.1, 0.15) is 15.2 Å². The van der Waals surface area contributed by atoms with Gasteiger partial charge in [-0.15, -0.1) is 11.3 Å². The number of nitrogen functional groups attached to an aromatic ring is 1. The van der Waals surface area contributed by atoms with E-state index < -0.39 is 15.9 Å². The molecule has 5 nitrogen and oxygen atoms in total. The molecule has 1 aliphatic heterocycles. The molecule has 0 atom stereocenters. The highest BCUT2D eigenvalue weighted by Crippen LogP contribution is 2.34. The first-order chi connectivity index (χ1) is 9.41. The molecule has 3 rings (SSSR count). The van der Waals surface area contributed by atoms with E-state index in [9.17, 15) is 13.2 Å². The molecular weight excluding hydrogens is 364 g/mol. The van der Waals surface area contributed by atoms with Crippen molar-refractivity contribution in [1.29, 1.82) is 0 Å². The maximum Gasteiger partial charge on any atom is 0.269 e. The van der Waals surface area contributed by atoms with Gasteiger partial charge in [-0.1, -0.05) is 0 Å². The molecule has 0 fully saturated rings. The number of thiophene rings is 1. The predicted molar refractivity (Wildman–Crippen MR) is 79.9 cm³/mol. The zero-order valence-corrected chi connectivity index (χ0v) is 13.3. The molecule has 2 heterocycles. The summed E-state index contributed by atoms with van der Waals surface area (Å²) in [5.41, 5.74) is 6.10. The van der Waals surface area contributed by atoms with E-state index in [4.69, 9.17) is 5.73 Å². The third-order valence-corrected chi connectivity index (χ3v) is 6.69. The first kappa shape index (κ1) is 13.6. The second-order valence-corrected chi connectivity index (χ2v) is 7.95. The van der Waals surface area contributed by atoms with E-state index in [2.05, 4.69) is 15.9 Å². The number of halogens is 1. The smallest absolute Gasteiger partial charge is 0.269 e. The lowest BCUT2D eigenvalue weighted by molar-refractivity contribution is 0.0865. The number of benzene rings is 1. The third-order valence-electron chi connectivity index (χ3n) is 3.01. The Balaban J connectivity index is 2.08. The lowest BCUT2D eigenvalue weighted by atomic mass is 10.2. The molecule has 0 bridgehead atoms. The van der Waals surface area contributed by atoms with Crippen LogP contribution in [0.5, 0.6) is 0 Å². The van der Waals surface area contributed by atoms with Crippen molar-refractivity contribution in [2.24, 2.45) is 0 Å². The molecule has 8 heteroatoms. The predicted octanol–water partition coefficient (Wildman–Crippen LogP) is 2.44. The van der Waals surface area contributed by atoms with Crippen molar-refractivity contribution in [3.05, 3.63) is 44.6 Å². The van der Waals surface area contributed by atoms with Crippen LogP contribution in [0.3, 0.4) is 0 Å². The van der Waals surface area contributed by atoms with Gasteiger partial charge >= 0.3 is 0 Å². The zero-order chi connectivity index (χ0) is 14.5. The summed E-state index contributed by atoms with van der Waals surface area (Å²) in [7, 11) is -3.82. The van der Waals surface area contributed by atoms with Crippen LogP contribution in [0.2, 0.25) is 0 Å². The van der Waals surface area contributed by atoms with Crippen LogP contribution in [0.25, 0.3) is 0 Å². The topological polar surface area (TPSA) is 80.5 Å². The molecule has 2 N–H and O–H groups in total. The molecule has 0 aliphatic carbocycles. The minimum Gasteiger partial charge on any atom is -0.399 e. The zero-order valence-electron chi connectivity index (χ0n) is 10.0. The SMILES string of the molecule is Nc1ccc2c(c1)S(=O)(=O)N(Cc1sccc1Br)C2=O. The van der Waals surface area contributed by atoms with E-state index in [1.807, 2.05) is 11.4 Å². The van der Waals surface area contributed by atoms with E-state index in [0.717, 1.165) is 13.7 Å². The number of hydrogen-bond acceptors (Lipinski definition) is 5. The summed E-state index contributed by atoms with van der Waals surface area (Å²) in [6.45, 7) is 0.0218. The normalized spacial score (nSPS) is 16.4. The van der Waals surface area contributed by atoms with Crippen LogP contribution in [0, 0.1) is 0 Å².